The summed E-state index contributed by atoms with van der Waals surface area (Å²) in [6, 6.07) is 1.63. The van der Waals surface area contributed by atoms with Gasteiger partial charge in [-0.25, -0.2) is 8.42 Å². The number of aromatic nitrogens is 2. The molecule has 1 aliphatic heterocycles. The molecule has 3 heterocycles. The van der Waals surface area contributed by atoms with Crippen molar-refractivity contribution in [2.24, 2.45) is 0 Å². The van der Waals surface area contributed by atoms with Crippen molar-refractivity contribution in [3.05, 3.63) is 41.6 Å². The molecule has 7 nitrogen and oxygen atoms in total. The molecule has 8 heteroatoms. The predicted octanol–water partition coefficient (Wildman–Crippen LogP) is 1.42. The highest BCUT2D eigenvalue weighted by Gasteiger charge is 2.31. The molecule has 0 spiro atoms. The van der Waals surface area contributed by atoms with Crippen molar-refractivity contribution >= 4 is 15.7 Å². The highest BCUT2D eigenvalue weighted by molar-refractivity contribution is 7.91. The van der Waals surface area contributed by atoms with Gasteiger partial charge in [0, 0.05) is 24.8 Å². The first kappa shape index (κ1) is 15.8. The smallest absolute Gasteiger partial charge is 0.257 e. The second-order valence-electron chi connectivity index (χ2n) is 5.94. The highest BCUT2D eigenvalue weighted by Crippen LogP contribution is 2.25. The molecule has 1 aliphatic rings. The Labute approximate surface area is 134 Å². The molecule has 124 valence electrons. The van der Waals surface area contributed by atoms with E-state index in [1.54, 1.807) is 36.1 Å². The molecule has 1 amide bonds. The lowest BCUT2D eigenvalue weighted by molar-refractivity contribution is 0.0784. The minimum Gasteiger partial charge on any atom is -0.472 e. The van der Waals surface area contributed by atoms with Gasteiger partial charge in [0.05, 0.1) is 41.8 Å². The van der Waals surface area contributed by atoms with E-state index in [9.17, 15) is 13.2 Å². The van der Waals surface area contributed by atoms with Gasteiger partial charge < -0.3 is 9.32 Å². The van der Waals surface area contributed by atoms with Gasteiger partial charge in [-0.1, -0.05) is 0 Å². The third kappa shape index (κ3) is 3.17. The molecule has 2 aromatic heterocycles. The van der Waals surface area contributed by atoms with Gasteiger partial charge in [0.2, 0.25) is 0 Å². The van der Waals surface area contributed by atoms with Crippen molar-refractivity contribution in [2.75, 3.05) is 18.6 Å². The van der Waals surface area contributed by atoms with Crippen molar-refractivity contribution in [1.82, 2.24) is 14.7 Å². The largest absolute Gasteiger partial charge is 0.472 e. The van der Waals surface area contributed by atoms with Gasteiger partial charge in [-0.2, -0.15) is 5.10 Å². The summed E-state index contributed by atoms with van der Waals surface area (Å²) in [5.41, 5.74) is 2.12. The third-order valence-corrected chi connectivity index (χ3v) is 5.93. The molecule has 0 N–H and O–H groups in total. The van der Waals surface area contributed by atoms with Crippen LogP contribution in [0.2, 0.25) is 0 Å². The molecule has 0 bridgehead atoms. The van der Waals surface area contributed by atoms with Crippen LogP contribution in [0, 0.1) is 6.92 Å². The molecule has 1 unspecified atom stereocenters. The first-order valence-electron chi connectivity index (χ1n) is 7.38. The summed E-state index contributed by atoms with van der Waals surface area (Å²) in [5.74, 6) is 0.130. The maximum absolute atomic E-state index is 12.6. The van der Waals surface area contributed by atoms with E-state index in [0.29, 0.717) is 24.2 Å². The van der Waals surface area contributed by atoms with Gasteiger partial charge in [-0.05, 0) is 19.4 Å². The number of furan rings is 1. The SMILES string of the molecule is Cc1c(C(=O)N(C)Cc2ccoc2)cnn1C1CCS(=O)(=O)C1. The van der Waals surface area contributed by atoms with E-state index < -0.39 is 9.84 Å². The summed E-state index contributed by atoms with van der Waals surface area (Å²) < 4.78 is 29.9. The Hall–Kier alpha value is -2.09. The lowest BCUT2D eigenvalue weighted by atomic mass is 10.2. The lowest BCUT2D eigenvalue weighted by Crippen LogP contribution is -2.26. The summed E-state index contributed by atoms with van der Waals surface area (Å²) in [5, 5.41) is 4.25. The Bertz CT molecular complexity index is 808. The quantitative estimate of drug-likeness (QED) is 0.842. The molecule has 3 rings (SSSR count). The molecule has 1 saturated heterocycles. The summed E-state index contributed by atoms with van der Waals surface area (Å²) in [6.45, 7) is 2.24. The van der Waals surface area contributed by atoms with Crippen LogP contribution in [0.3, 0.4) is 0 Å². The second kappa shape index (κ2) is 5.84. The molecule has 23 heavy (non-hydrogen) atoms. The zero-order chi connectivity index (χ0) is 16.6. The molecular formula is C15H19N3O4S. The minimum atomic E-state index is -2.99. The first-order valence-corrected chi connectivity index (χ1v) is 9.20. The third-order valence-electron chi connectivity index (χ3n) is 4.18. The fourth-order valence-electron chi connectivity index (χ4n) is 2.90. The zero-order valence-electron chi connectivity index (χ0n) is 13.1. The van der Waals surface area contributed by atoms with Gasteiger partial charge in [-0.3, -0.25) is 9.48 Å². The summed E-state index contributed by atoms with van der Waals surface area (Å²) in [7, 11) is -1.27. The molecule has 1 fully saturated rings. The Kier molecular flexibility index (Phi) is 4.01. The number of sulfone groups is 1. The minimum absolute atomic E-state index is 0.0913. The van der Waals surface area contributed by atoms with Gasteiger partial charge in [0.1, 0.15) is 0 Å². The molecule has 0 radical (unpaired) electrons. The number of carbonyl (C=O) groups excluding carboxylic acids is 1. The van der Waals surface area contributed by atoms with Crippen LogP contribution < -0.4 is 0 Å². The Morgan fingerprint density at radius 2 is 2.30 bits per heavy atom. The number of carbonyl (C=O) groups is 1. The van der Waals surface area contributed by atoms with Crippen LogP contribution in [0.25, 0.3) is 0 Å². The van der Waals surface area contributed by atoms with E-state index in [1.165, 1.54) is 6.20 Å². The van der Waals surface area contributed by atoms with E-state index in [2.05, 4.69) is 5.10 Å². The van der Waals surface area contributed by atoms with E-state index in [0.717, 1.165) is 5.56 Å². The summed E-state index contributed by atoms with van der Waals surface area (Å²) in [6.07, 6.45) is 5.23. The average Bonchev–Trinajstić information content (AvgIpc) is 3.19. The van der Waals surface area contributed by atoms with Gasteiger partial charge >= 0.3 is 0 Å². The van der Waals surface area contributed by atoms with E-state index >= 15 is 0 Å². The summed E-state index contributed by atoms with van der Waals surface area (Å²) in [4.78, 5) is 14.2. The van der Waals surface area contributed by atoms with Crippen LogP contribution >= 0.6 is 0 Å². The summed E-state index contributed by atoms with van der Waals surface area (Å²) >= 11 is 0. The number of amides is 1. The van der Waals surface area contributed by atoms with Gasteiger partial charge in [0.15, 0.2) is 9.84 Å². The number of rotatable bonds is 4. The maximum Gasteiger partial charge on any atom is 0.257 e. The van der Waals surface area contributed by atoms with Crippen molar-refractivity contribution in [2.45, 2.75) is 25.9 Å². The van der Waals surface area contributed by atoms with Gasteiger partial charge in [0.25, 0.3) is 5.91 Å². The van der Waals surface area contributed by atoms with Crippen LogP contribution in [-0.4, -0.2) is 47.6 Å². The van der Waals surface area contributed by atoms with E-state index in [1.807, 2.05) is 6.07 Å². The maximum atomic E-state index is 12.6. The van der Waals surface area contributed by atoms with Crippen LogP contribution in [0.5, 0.6) is 0 Å². The zero-order valence-corrected chi connectivity index (χ0v) is 13.9. The number of nitrogens with zero attached hydrogens (tertiary/aromatic N) is 3. The molecule has 1 atom stereocenters. The molecule has 0 saturated carbocycles. The first-order chi connectivity index (χ1) is 10.9. The molecule has 0 aliphatic carbocycles. The lowest BCUT2D eigenvalue weighted by Gasteiger charge is -2.16. The number of hydrogen-bond donors (Lipinski definition) is 0. The van der Waals surface area contributed by atoms with Crippen molar-refractivity contribution < 1.29 is 17.6 Å². The fraction of sp³-hybridized carbons (Fsp3) is 0.467. The molecule has 2 aromatic rings. The Morgan fingerprint density at radius 3 is 2.91 bits per heavy atom. The van der Waals surface area contributed by atoms with E-state index in [4.69, 9.17) is 4.42 Å². The van der Waals surface area contributed by atoms with Crippen molar-refractivity contribution in [3.63, 3.8) is 0 Å². The fourth-order valence-corrected chi connectivity index (χ4v) is 4.60. The van der Waals surface area contributed by atoms with Crippen LogP contribution in [0.15, 0.2) is 29.2 Å². The second-order valence-corrected chi connectivity index (χ2v) is 8.17. The van der Waals surface area contributed by atoms with Crippen molar-refractivity contribution in [1.29, 1.82) is 0 Å². The standard InChI is InChI=1S/C15H19N3O4S/c1-11-14(15(19)17(2)8-12-3-5-22-9-12)7-16-18(11)13-4-6-23(20,21)10-13/h3,5,7,9,13H,4,6,8,10H2,1-2H3. The average molecular weight is 337 g/mol. The topological polar surface area (TPSA) is 85.4 Å². The highest BCUT2D eigenvalue weighted by atomic mass is 32.2. The van der Waals surface area contributed by atoms with E-state index in [-0.39, 0.29) is 23.5 Å². The monoisotopic (exact) mass is 337 g/mol. The molecular weight excluding hydrogens is 318 g/mol. The molecule has 0 aromatic carbocycles. The Balaban J connectivity index is 1.77. The van der Waals surface area contributed by atoms with Crippen LogP contribution in [-0.2, 0) is 16.4 Å². The number of hydrogen-bond acceptors (Lipinski definition) is 5. The van der Waals surface area contributed by atoms with Gasteiger partial charge in [-0.15, -0.1) is 0 Å². The van der Waals surface area contributed by atoms with Crippen LogP contribution in [0.4, 0.5) is 0 Å². The predicted molar refractivity (Wildman–Crippen MR) is 83.8 cm³/mol. The van der Waals surface area contributed by atoms with Crippen LogP contribution in [0.1, 0.15) is 34.1 Å². The normalized spacial score (nSPS) is 19.8. The van der Waals surface area contributed by atoms with Crippen molar-refractivity contribution in [3.8, 4) is 0 Å². The Morgan fingerprint density at radius 1 is 1.52 bits per heavy atom.